The van der Waals surface area contributed by atoms with Crippen LogP contribution in [0.3, 0.4) is 0 Å². The summed E-state index contributed by atoms with van der Waals surface area (Å²) in [5, 5.41) is 9.48. The van der Waals surface area contributed by atoms with Gasteiger partial charge in [0.1, 0.15) is 0 Å². The molecule has 26 heavy (non-hydrogen) atoms. The van der Waals surface area contributed by atoms with Gasteiger partial charge in [0.05, 0.1) is 24.4 Å². The highest BCUT2D eigenvalue weighted by Crippen LogP contribution is 2.34. The van der Waals surface area contributed by atoms with Gasteiger partial charge in [0.2, 0.25) is 0 Å². The number of methoxy groups -OCH3 is 1. The molecule has 3 rings (SSSR count). The Hall–Kier alpha value is -3.33. The summed E-state index contributed by atoms with van der Waals surface area (Å²) in [6, 6.07) is 15.4. The summed E-state index contributed by atoms with van der Waals surface area (Å²) in [7, 11) is 1.34. The van der Waals surface area contributed by atoms with Crippen molar-refractivity contribution in [3.05, 3.63) is 65.7 Å². The van der Waals surface area contributed by atoms with Gasteiger partial charge in [-0.2, -0.15) is 10.2 Å². The molecule has 1 heterocycles. The molecule has 0 aromatic heterocycles. The number of carbonyl (C=O) groups is 2. The summed E-state index contributed by atoms with van der Waals surface area (Å²) < 4.78 is 4.77. The van der Waals surface area contributed by atoms with Crippen molar-refractivity contribution in [2.24, 2.45) is 0 Å². The third kappa shape index (κ3) is 3.38. The molecule has 2 aromatic rings. The molecule has 0 aliphatic carbocycles. The van der Waals surface area contributed by atoms with Gasteiger partial charge < -0.3 is 9.64 Å². The Bertz CT molecular complexity index is 845. The lowest BCUT2D eigenvalue weighted by atomic mass is 10.0. The Morgan fingerprint density at radius 3 is 2.65 bits per heavy atom. The van der Waals surface area contributed by atoms with Crippen molar-refractivity contribution in [3.8, 4) is 6.19 Å². The Morgan fingerprint density at radius 2 is 1.96 bits per heavy atom. The van der Waals surface area contributed by atoms with Crippen LogP contribution in [0.5, 0.6) is 0 Å². The van der Waals surface area contributed by atoms with Gasteiger partial charge in [0.25, 0.3) is 0 Å². The largest absolute Gasteiger partial charge is 0.465 e. The molecule has 2 amide bonds. The van der Waals surface area contributed by atoms with E-state index in [9.17, 15) is 14.9 Å². The van der Waals surface area contributed by atoms with Gasteiger partial charge in [0.15, 0.2) is 6.19 Å². The van der Waals surface area contributed by atoms with Crippen LogP contribution < -0.4 is 4.90 Å². The number of esters is 1. The second-order valence-electron chi connectivity index (χ2n) is 6.02. The van der Waals surface area contributed by atoms with Crippen molar-refractivity contribution in [1.29, 1.82) is 5.26 Å². The molecule has 1 fully saturated rings. The number of amides is 2. The molecular weight excluding hydrogens is 330 g/mol. The minimum atomic E-state index is -0.411. The van der Waals surface area contributed by atoms with E-state index in [0.29, 0.717) is 17.8 Å². The maximum absolute atomic E-state index is 13.0. The SMILES string of the molecule is COC(=O)c1cccc(C2CCCN2C(=O)N(C#N)c2ccccc2)c1. The molecule has 1 aliphatic rings. The molecule has 0 radical (unpaired) electrons. The minimum Gasteiger partial charge on any atom is -0.465 e. The van der Waals surface area contributed by atoms with Crippen molar-refractivity contribution in [3.63, 3.8) is 0 Å². The van der Waals surface area contributed by atoms with Crippen LogP contribution in [-0.2, 0) is 4.74 Å². The molecule has 1 saturated heterocycles. The van der Waals surface area contributed by atoms with Gasteiger partial charge in [-0.25, -0.2) is 9.59 Å². The number of likely N-dealkylation sites (tertiary alicyclic amines) is 1. The van der Waals surface area contributed by atoms with Gasteiger partial charge in [0, 0.05) is 6.54 Å². The zero-order valence-electron chi connectivity index (χ0n) is 14.5. The fourth-order valence-corrected chi connectivity index (χ4v) is 3.25. The van der Waals surface area contributed by atoms with Gasteiger partial charge in [-0.15, -0.1) is 0 Å². The van der Waals surface area contributed by atoms with E-state index in [1.807, 2.05) is 18.3 Å². The average Bonchev–Trinajstić information content (AvgIpc) is 3.18. The number of hydrogen-bond donors (Lipinski definition) is 0. The summed E-state index contributed by atoms with van der Waals surface area (Å²) in [6.45, 7) is 0.566. The van der Waals surface area contributed by atoms with Crippen LogP contribution >= 0.6 is 0 Å². The normalized spacial score (nSPS) is 16.0. The Morgan fingerprint density at radius 1 is 1.19 bits per heavy atom. The molecule has 1 unspecified atom stereocenters. The number of anilines is 1. The standard InChI is InChI=1S/C20H19N3O3/c1-26-19(24)16-8-5-7-15(13-16)18-11-6-12-22(18)20(25)23(14-21)17-9-3-2-4-10-17/h2-5,7-10,13,18H,6,11-12H2,1H3. The van der Waals surface area contributed by atoms with E-state index in [1.54, 1.807) is 47.4 Å². The summed E-state index contributed by atoms with van der Waals surface area (Å²) in [4.78, 5) is 27.5. The van der Waals surface area contributed by atoms with E-state index in [-0.39, 0.29) is 12.1 Å². The molecule has 1 atom stereocenters. The molecule has 2 aromatic carbocycles. The highest BCUT2D eigenvalue weighted by atomic mass is 16.5. The number of urea groups is 1. The second kappa shape index (κ2) is 7.70. The van der Waals surface area contributed by atoms with Crippen molar-refractivity contribution >= 4 is 17.7 Å². The average molecular weight is 349 g/mol. The molecule has 0 bridgehead atoms. The fraction of sp³-hybridized carbons (Fsp3) is 0.250. The predicted molar refractivity (Wildman–Crippen MR) is 96.4 cm³/mol. The van der Waals surface area contributed by atoms with E-state index < -0.39 is 5.97 Å². The van der Waals surface area contributed by atoms with Crippen molar-refractivity contribution in [2.45, 2.75) is 18.9 Å². The zero-order chi connectivity index (χ0) is 18.5. The van der Waals surface area contributed by atoms with Crippen LogP contribution in [0.4, 0.5) is 10.5 Å². The minimum absolute atomic E-state index is 0.174. The second-order valence-corrected chi connectivity index (χ2v) is 6.02. The molecule has 0 saturated carbocycles. The number of rotatable bonds is 3. The van der Waals surface area contributed by atoms with Gasteiger partial charge >= 0.3 is 12.0 Å². The first kappa shape index (κ1) is 17.5. The maximum atomic E-state index is 13.0. The molecule has 1 aliphatic heterocycles. The highest BCUT2D eigenvalue weighted by molar-refractivity contribution is 5.95. The first-order valence-corrected chi connectivity index (χ1v) is 8.39. The lowest BCUT2D eigenvalue weighted by Gasteiger charge is -2.28. The fourth-order valence-electron chi connectivity index (χ4n) is 3.25. The molecule has 132 valence electrons. The topological polar surface area (TPSA) is 73.6 Å². The van der Waals surface area contributed by atoms with Crippen LogP contribution in [0, 0.1) is 11.5 Å². The van der Waals surface area contributed by atoms with Gasteiger partial charge in [-0.05, 0) is 42.7 Å². The summed E-state index contributed by atoms with van der Waals surface area (Å²) in [5.41, 5.74) is 1.85. The van der Waals surface area contributed by atoms with Crippen molar-refractivity contribution in [2.75, 3.05) is 18.6 Å². The number of hydrogen-bond acceptors (Lipinski definition) is 4. The Labute approximate surface area is 152 Å². The number of carbonyl (C=O) groups excluding carboxylic acids is 2. The van der Waals surface area contributed by atoms with Crippen molar-refractivity contribution in [1.82, 2.24) is 4.90 Å². The molecule has 6 nitrogen and oxygen atoms in total. The highest BCUT2D eigenvalue weighted by Gasteiger charge is 2.33. The number of ether oxygens (including phenoxy) is 1. The quantitative estimate of drug-likeness (QED) is 0.481. The summed E-state index contributed by atoms with van der Waals surface area (Å²) in [6.07, 6.45) is 3.60. The predicted octanol–water partition coefficient (Wildman–Crippen LogP) is 3.72. The summed E-state index contributed by atoms with van der Waals surface area (Å²) >= 11 is 0. The Kier molecular flexibility index (Phi) is 5.18. The monoisotopic (exact) mass is 349 g/mol. The molecule has 6 heteroatoms. The van der Waals surface area contributed by atoms with Crippen LogP contribution in [-0.4, -0.2) is 30.6 Å². The van der Waals surface area contributed by atoms with Gasteiger partial charge in [-0.3, -0.25) is 0 Å². The van der Waals surface area contributed by atoms with E-state index in [4.69, 9.17) is 4.74 Å². The maximum Gasteiger partial charge on any atom is 0.338 e. The number of para-hydroxylation sites is 1. The number of nitriles is 1. The molecular formula is C20H19N3O3. The van der Waals surface area contributed by atoms with Crippen LogP contribution in [0.1, 0.15) is 34.8 Å². The summed E-state index contributed by atoms with van der Waals surface area (Å²) in [5.74, 6) is -0.411. The lowest BCUT2D eigenvalue weighted by molar-refractivity contribution is 0.0600. The van der Waals surface area contributed by atoms with Gasteiger partial charge in [-0.1, -0.05) is 30.3 Å². The smallest absolute Gasteiger partial charge is 0.338 e. The zero-order valence-corrected chi connectivity index (χ0v) is 14.5. The van der Waals surface area contributed by atoms with Crippen LogP contribution in [0.2, 0.25) is 0 Å². The van der Waals surface area contributed by atoms with E-state index in [0.717, 1.165) is 23.3 Å². The molecule has 0 N–H and O–H groups in total. The van der Waals surface area contributed by atoms with Crippen LogP contribution in [0.25, 0.3) is 0 Å². The number of nitrogens with zero attached hydrogens (tertiary/aromatic N) is 3. The Balaban J connectivity index is 1.87. The van der Waals surface area contributed by atoms with E-state index in [1.165, 1.54) is 7.11 Å². The van der Waals surface area contributed by atoms with E-state index >= 15 is 0 Å². The number of benzene rings is 2. The first-order chi connectivity index (χ1) is 12.7. The first-order valence-electron chi connectivity index (χ1n) is 8.39. The lowest BCUT2D eigenvalue weighted by Crippen LogP contribution is -2.40. The van der Waals surface area contributed by atoms with Crippen molar-refractivity contribution < 1.29 is 14.3 Å². The third-order valence-electron chi connectivity index (χ3n) is 4.50. The third-order valence-corrected chi connectivity index (χ3v) is 4.50. The van der Waals surface area contributed by atoms with Crippen LogP contribution in [0.15, 0.2) is 54.6 Å². The van der Waals surface area contributed by atoms with E-state index in [2.05, 4.69) is 0 Å². The molecule has 0 spiro atoms.